The van der Waals surface area contributed by atoms with E-state index in [1.165, 1.54) is 0 Å². The lowest BCUT2D eigenvalue weighted by Crippen LogP contribution is -2.25. The molecule has 144 valence electrons. The molecule has 3 rings (SSSR count). The van der Waals surface area contributed by atoms with Gasteiger partial charge in [-0.15, -0.1) is 12.4 Å². The van der Waals surface area contributed by atoms with Crippen LogP contribution < -0.4 is 10.6 Å². The Morgan fingerprint density at radius 3 is 2.63 bits per heavy atom. The van der Waals surface area contributed by atoms with E-state index < -0.39 is 0 Å². The van der Waals surface area contributed by atoms with Crippen molar-refractivity contribution in [3.05, 3.63) is 64.0 Å². The predicted octanol–water partition coefficient (Wildman–Crippen LogP) is 4.11. The maximum Gasteiger partial charge on any atom is 0.224 e. The molecule has 0 saturated heterocycles. The standard InChI is InChI=1S/C21H23FN2O2.ClH/c1-13-3-4-15(11-14(13)2)19(25)7-8-20(26)24-18-6-5-16-12-23-10-9-17(16)21(18)22;/h3-6,11,23H,7-10,12H2,1-2H3,(H,24,26);1H. The molecule has 2 N–H and O–H groups in total. The molecule has 0 saturated carbocycles. The second kappa shape index (κ2) is 9.11. The average Bonchev–Trinajstić information content (AvgIpc) is 2.64. The molecule has 2 aromatic rings. The summed E-state index contributed by atoms with van der Waals surface area (Å²) in [4.78, 5) is 24.4. The maximum absolute atomic E-state index is 14.6. The molecule has 0 atom stereocenters. The fourth-order valence-corrected chi connectivity index (χ4v) is 3.13. The molecule has 1 amide bonds. The Morgan fingerprint density at radius 2 is 1.89 bits per heavy atom. The quantitative estimate of drug-likeness (QED) is 0.755. The van der Waals surface area contributed by atoms with E-state index in [1.54, 1.807) is 12.1 Å². The number of Topliss-reactive ketones (excluding diaryl/α,β-unsaturated/α-hetero) is 1. The molecule has 6 heteroatoms. The number of carbonyl (C=O) groups excluding carboxylic acids is 2. The lowest BCUT2D eigenvalue weighted by Gasteiger charge is -2.19. The SMILES string of the molecule is Cc1ccc(C(=O)CCC(=O)Nc2ccc3c(c2F)CCNC3)cc1C.Cl. The van der Waals surface area contributed by atoms with Crippen molar-refractivity contribution >= 4 is 29.8 Å². The molecular formula is C21H24ClFN2O2. The minimum Gasteiger partial charge on any atom is -0.324 e. The van der Waals surface area contributed by atoms with Crippen LogP contribution in [0.4, 0.5) is 10.1 Å². The van der Waals surface area contributed by atoms with Gasteiger partial charge in [0.05, 0.1) is 5.69 Å². The summed E-state index contributed by atoms with van der Waals surface area (Å²) in [6.45, 7) is 5.31. The van der Waals surface area contributed by atoms with Crippen LogP contribution in [-0.2, 0) is 17.8 Å². The molecule has 1 aliphatic rings. The number of benzene rings is 2. The number of nitrogens with one attached hydrogen (secondary N) is 2. The van der Waals surface area contributed by atoms with E-state index >= 15 is 0 Å². The monoisotopic (exact) mass is 390 g/mol. The minimum absolute atomic E-state index is 0. The minimum atomic E-state index is -0.363. The summed E-state index contributed by atoms with van der Waals surface area (Å²) < 4.78 is 14.6. The first-order valence-corrected chi connectivity index (χ1v) is 8.87. The van der Waals surface area contributed by atoms with Gasteiger partial charge in [0.15, 0.2) is 5.78 Å². The third-order valence-corrected chi connectivity index (χ3v) is 4.89. The van der Waals surface area contributed by atoms with E-state index in [2.05, 4.69) is 10.6 Å². The van der Waals surface area contributed by atoms with Crippen molar-refractivity contribution in [1.82, 2.24) is 5.32 Å². The molecule has 0 fully saturated rings. The number of aryl methyl sites for hydroxylation is 2. The molecule has 0 aliphatic carbocycles. The summed E-state index contributed by atoms with van der Waals surface area (Å²) in [6, 6.07) is 8.94. The molecule has 4 nitrogen and oxygen atoms in total. The van der Waals surface area contributed by atoms with Crippen LogP contribution in [-0.4, -0.2) is 18.2 Å². The lowest BCUT2D eigenvalue weighted by atomic mass is 9.99. The largest absolute Gasteiger partial charge is 0.324 e. The predicted molar refractivity (Wildman–Crippen MR) is 107 cm³/mol. The van der Waals surface area contributed by atoms with Crippen LogP contribution in [0.15, 0.2) is 30.3 Å². The van der Waals surface area contributed by atoms with E-state index in [-0.39, 0.29) is 48.4 Å². The fourth-order valence-electron chi connectivity index (χ4n) is 3.13. The van der Waals surface area contributed by atoms with Gasteiger partial charge in [0, 0.05) is 24.9 Å². The maximum atomic E-state index is 14.6. The van der Waals surface area contributed by atoms with Crippen LogP contribution in [0.2, 0.25) is 0 Å². The third-order valence-electron chi connectivity index (χ3n) is 4.89. The van der Waals surface area contributed by atoms with Crippen molar-refractivity contribution in [3.63, 3.8) is 0 Å². The van der Waals surface area contributed by atoms with Gasteiger partial charge in [-0.1, -0.05) is 18.2 Å². The van der Waals surface area contributed by atoms with Crippen molar-refractivity contribution < 1.29 is 14.0 Å². The number of hydrogen-bond donors (Lipinski definition) is 2. The zero-order valence-electron chi connectivity index (χ0n) is 15.5. The molecule has 0 radical (unpaired) electrons. The number of fused-ring (bicyclic) bond motifs is 1. The number of anilines is 1. The van der Waals surface area contributed by atoms with Crippen LogP contribution in [0.5, 0.6) is 0 Å². The third kappa shape index (κ3) is 4.93. The zero-order valence-corrected chi connectivity index (χ0v) is 16.3. The van der Waals surface area contributed by atoms with Gasteiger partial charge < -0.3 is 10.6 Å². The normalized spacial score (nSPS) is 12.7. The first kappa shape index (κ1) is 21.1. The summed E-state index contributed by atoms with van der Waals surface area (Å²) in [6.07, 6.45) is 0.741. The van der Waals surface area contributed by atoms with Gasteiger partial charge in [-0.05, 0) is 61.2 Å². The molecule has 0 spiro atoms. The first-order valence-electron chi connectivity index (χ1n) is 8.87. The second-order valence-corrected chi connectivity index (χ2v) is 6.76. The number of ketones is 1. The highest BCUT2D eigenvalue weighted by Gasteiger charge is 2.18. The smallest absolute Gasteiger partial charge is 0.224 e. The summed E-state index contributed by atoms with van der Waals surface area (Å²) in [5.74, 6) is -0.798. The summed E-state index contributed by atoms with van der Waals surface area (Å²) in [5, 5.41) is 5.79. The van der Waals surface area contributed by atoms with Gasteiger partial charge in [-0.2, -0.15) is 0 Å². The summed E-state index contributed by atoms with van der Waals surface area (Å²) >= 11 is 0. The van der Waals surface area contributed by atoms with Gasteiger partial charge >= 0.3 is 0 Å². The Morgan fingerprint density at radius 1 is 1.11 bits per heavy atom. The molecule has 0 unspecified atom stereocenters. The Bertz CT molecular complexity index is 868. The highest BCUT2D eigenvalue weighted by atomic mass is 35.5. The Labute approximate surface area is 165 Å². The van der Waals surface area contributed by atoms with Gasteiger partial charge in [-0.3, -0.25) is 9.59 Å². The highest BCUT2D eigenvalue weighted by Crippen LogP contribution is 2.24. The van der Waals surface area contributed by atoms with Crippen molar-refractivity contribution in [2.75, 3.05) is 11.9 Å². The van der Waals surface area contributed by atoms with E-state index in [0.717, 1.165) is 23.2 Å². The molecular weight excluding hydrogens is 367 g/mol. The van der Waals surface area contributed by atoms with Crippen LogP contribution in [0.3, 0.4) is 0 Å². The average molecular weight is 391 g/mol. The van der Waals surface area contributed by atoms with Crippen LogP contribution in [0, 0.1) is 19.7 Å². The van der Waals surface area contributed by atoms with Crippen molar-refractivity contribution in [2.24, 2.45) is 0 Å². The van der Waals surface area contributed by atoms with Gasteiger partial charge in [-0.25, -0.2) is 4.39 Å². The number of hydrogen-bond acceptors (Lipinski definition) is 3. The number of carbonyl (C=O) groups is 2. The number of rotatable bonds is 5. The Balaban J connectivity index is 0.00000261. The Kier molecular flexibility index (Phi) is 7.11. The molecule has 1 aliphatic heterocycles. The van der Waals surface area contributed by atoms with E-state index in [4.69, 9.17) is 0 Å². The van der Waals surface area contributed by atoms with Crippen molar-refractivity contribution in [3.8, 4) is 0 Å². The summed E-state index contributed by atoms with van der Waals surface area (Å²) in [7, 11) is 0. The first-order chi connectivity index (χ1) is 12.5. The van der Waals surface area contributed by atoms with E-state index in [0.29, 0.717) is 24.1 Å². The van der Waals surface area contributed by atoms with E-state index in [1.807, 2.05) is 32.0 Å². The fraction of sp³-hybridized carbons (Fsp3) is 0.333. The molecule has 27 heavy (non-hydrogen) atoms. The lowest BCUT2D eigenvalue weighted by molar-refractivity contribution is -0.116. The van der Waals surface area contributed by atoms with Crippen LogP contribution in [0.25, 0.3) is 0 Å². The molecule has 0 bridgehead atoms. The Hall–Kier alpha value is -2.24. The van der Waals surface area contributed by atoms with Gasteiger partial charge in [0.25, 0.3) is 0 Å². The van der Waals surface area contributed by atoms with Crippen molar-refractivity contribution in [1.29, 1.82) is 0 Å². The highest BCUT2D eigenvalue weighted by molar-refractivity contribution is 6.00. The van der Waals surface area contributed by atoms with Gasteiger partial charge in [0.1, 0.15) is 5.82 Å². The summed E-state index contributed by atoms with van der Waals surface area (Å²) in [5.41, 5.74) is 4.55. The molecule has 2 aromatic carbocycles. The van der Waals surface area contributed by atoms with Crippen LogP contribution in [0.1, 0.15) is 45.5 Å². The second-order valence-electron chi connectivity index (χ2n) is 6.76. The molecule has 1 heterocycles. The van der Waals surface area contributed by atoms with Gasteiger partial charge in [0.2, 0.25) is 5.91 Å². The number of halogens is 2. The van der Waals surface area contributed by atoms with Crippen LogP contribution >= 0.6 is 12.4 Å². The van der Waals surface area contributed by atoms with Crippen molar-refractivity contribution in [2.45, 2.75) is 39.7 Å². The van der Waals surface area contributed by atoms with E-state index in [9.17, 15) is 14.0 Å². The zero-order chi connectivity index (χ0) is 18.7. The number of amides is 1. The molecule has 0 aromatic heterocycles. The topological polar surface area (TPSA) is 58.2 Å².